The second kappa shape index (κ2) is 7.72. The van der Waals surface area contributed by atoms with Gasteiger partial charge in [-0.3, -0.25) is 4.79 Å². The van der Waals surface area contributed by atoms with Gasteiger partial charge in [-0.2, -0.15) is 0 Å². The zero-order valence-corrected chi connectivity index (χ0v) is 15.7. The molecule has 4 rings (SSSR count). The van der Waals surface area contributed by atoms with Gasteiger partial charge in [-0.05, 0) is 49.9 Å². The second-order valence-electron chi connectivity index (χ2n) is 6.54. The van der Waals surface area contributed by atoms with Crippen molar-refractivity contribution in [2.75, 3.05) is 7.11 Å². The van der Waals surface area contributed by atoms with E-state index < -0.39 is 0 Å². The van der Waals surface area contributed by atoms with Crippen molar-refractivity contribution in [3.8, 4) is 16.3 Å². The summed E-state index contributed by atoms with van der Waals surface area (Å²) in [5.41, 5.74) is 1.000. The Balaban J connectivity index is 0.00000182. The maximum Gasteiger partial charge on any atom is 0.263 e. The second-order valence-corrected chi connectivity index (χ2v) is 7.57. The Morgan fingerprint density at radius 3 is 2.56 bits per heavy atom. The fourth-order valence-electron chi connectivity index (χ4n) is 3.68. The van der Waals surface area contributed by atoms with Crippen LogP contribution in [-0.2, 0) is 0 Å². The largest absolute Gasteiger partial charge is 0.497 e. The van der Waals surface area contributed by atoms with E-state index in [4.69, 9.17) is 4.74 Å². The fraction of sp³-hybridized carbons (Fsp3) is 0.444. The molecule has 0 saturated carbocycles. The number of carbonyl (C=O) groups excluding carboxylic acids is 1. The average molecular weight is 380 g/mol. The Morgan fingerprint density at radius 2 is 1.92 bits per heavy atom. The lowest BCUT2D eigenvalue weighted by atomic mass is 10.00. The number of nitrogens with one attached hydrogen (secondary N) is 2. The maximum atomic E-state index is 12.5. The topological polar surface area (TPSA) is 63.2 Å². The minimum atomic E-state index is -0.00133. The molecule has 2 N–H and O–H groups in total. The normalized spacial score (nSPS) is 24.4. The van der Waals surface area contributed by atoms with E-state index in [1.54, 1.807) is 13.3 Å². The van der Waals surface area contributed by atoms with E-state index in [1.807, 2.05) is 24.3 Å². The third kappa shape index (κ3) is 3.97. The molecule has 2 aliphatic heterocycles. The van der Waals surface area contributed by atoms with Gasteiger partial charge in [-0.1, -0.05) is 0 Å². The summed E-state index contributed by atoms with van der Waals surface area (Å²) in [6.07, 6.45) is 6.21. The number of amides is 1. The first-order valence-electron chi connectivity index (χ1n) is 8.38. The molecular formula is C18H22ClN3O2S. The lowest BCUT2D eigenvalue weighted by Crippen LogP contribution is -2.47. The van der Waals surface area contributed by atoms with Crippen molar-refractivity contribution in [3.63, 3.8) is 0 Å². The smallest absolute Gasteiger partial charge is 0.263 e. The average Bonchev–Trinajstić information content (AvgIpc) is 3.22. The molecule has 0 spiro atoms. The molecule has 1 aromatic carbocycles. The van der Waals surface area contributed by atoms with E-state index in [0.29, 0.717) is 17.0 Å². The first-order valence-corrected chi connectivity index (χ1v) is 9.20. The highest BCUT2D eigenvalue weighted by Crippen LogP contribution is 2.29. The lowest BCUT2D eigenvalue weighted by Gasteiger charge is -2.29. The van der Waals surface area contributed by atoms with Crippen LogP contribution in [0.4, 0.5) is 0 Å². The van der Waals surface area contributed by atoms with Crippen LogP contribution in [0.3, 0.4) is 0 Å². The number of methoxy groups -OCH3 is 1. The molecule has 2 aromatic rings. The van der Waals surface area contributed by atoms with Crippen LogP contribution >= 0.6 is 23.7 Å². The van der Waals surface area contributed by atoms with Crippen LogP contribution in [0.25, 0.3) is 10.6 Å². The lowest BCUT2D eigenvalue weighted by molar-refractivity contribution is 0.0928. The minimum absolute atomic E-state index is 0. The summed E-state index contributed by atoms with van der Waals surface area (Å²) in [5, 5.41) is 7.64. The molecule has 2 atom stereocenters. The summed E-state index contributed by atoms with van der Waals surface area (Å²) in [6.45, 7) is 0. The number of benzene rings is 1. The van der Waals surface area contributed by atoms with Crippen LogP contribution in [0, 0.1) is 0 Å². The summed E-state index contributed by atoms with van der Waals surface area (Å²) in [4.78, 5) is 17.6. The molecule has 0 radical (unpaired) electrons. The molecule has 134 valence electrons. The highest BCUT2D eigenvalue weighted by molar-refractivity contribution is 7.16. The SMILES string of the molecule is COc1ccc(-c2ncc(C(=O)NC3CC4CCC(C3)N4)s2)cc1.Cl. The number of thiazole rings is 1. The zero-order valence-electron chi connectivity index (χ0n) is 14.0. The summed E-state index contributed by atoms with van der Waals surface area (Å²) < 4.78 is 5.17. The molecule has 5 nitrogen and oxygen atoms in total. The Labute approximate surface area is 157 Å². The van der Waals surface area contributed by atoms with Crippen LogP contribution < -0.4 is 15.4 Å². The van der Waals surface area contributed by atoms with E-state index >= 15 is 0 Å². The summed E-state index contributed by atoms with van der Waals surface area (Å²) in [6, 6.07) is 9.16. The number of piperidine rings is 1. The number of rotatable bonds is 4. The van der Waals surface area contributed by atoms with Crippen molar-refractivity contribution in [1.29, 1.82) is 0 Å². The van der Waals surface area contributed by atoms with Crippen LogP contribution in [-0.4, -0.2) is 36.1 Å². The number of halogens is 1. The van der Waals surface area contributed by atoms with Gasteiger partial charge in [-0.25, -0.2) is 4.98 Å². The van der Waals surface area contributed by atoms with Crippen LogP contribution in [0.2, 0.25) is 0 Å². The van der Waals surface area contributed by atoms with Gasteiger partial charge in [0, 0.05) is 23.7 Å². The van der Waals surface area contributed by atoms with Gasteiger partial charge in [0.05, 0.1) is 13.3 Å². The van der Waals surface area contributed by atoms with E-state index in [-0.39, 0.29) is 24.4 Å². The van der Waals surface area contributed by atoms with Gasteiger partial charge in [0.15, 0.2) is 0 Å². The van der Waals surface area contributed by atoms with Crippen LogP contribution in [0.15, 0.2) is 30.5 Å². The minimum Gasteiger partial charge on any atom is -0.497 e. The highest BCUT2D eigenvalue weighted by Gasteiger charge is 2.34. The van der Waals surface area contributed by atoms with Crippen LogP contribution in [0.5, 0.6) is 5.75 Å². The highest BCUT2D eigenvalue weighted by atomic mass is 35.5. The third-order valence-corrected chi connectivity index (χ3v) is 5.92. The molecule has 25 heavy (non-hydrogen) atoms. The monoisotopic (exact) mass is 379 g/mol. The Morgan fingerprint density at radius 1 is 1.24 bits per heavy atom. The van der Waals surface area contributed by atoms with Crippen molar-refractivity contribution in [2.45, 2.75) is 43.8 Å². The summed E-state index contributed by atoms with van der Waals surface area (Å²) in [5.74, 6) is 0.812. The van der Waals surface area contributed by atoms with Crippen LogP contribution in [0.1, 0.15) is 35.4 Å². The molecule has 3 heterocycles. The zero-order chi connectivity index (χ0) is 16.5. The molecule has 2 fully saturated rings. The molecule has 2 bridgehead atoms. The molecule has 1 amide bonds. The van der Waals surface area contributed by atoms with E-state index in [1.165, 1.54) is 24.2 Å². The number of carbonyl (C=O) groups is 1. The molecule has 1 aromatic heterocycles. The molecule has 7 heteroatoms. The van der Waals surface area contributed by atoms with Crippen molar-refractivity contribution in [2.24, 2.45) is 0 Å². The standard InChI is InChI=1S/C18H21N3O2S.ClH/c1-23-15-6-2-11(3-7-15)18-19-10-16(24-18)17(22)21-14-8-12-4-5-13(9-14)20-12;/h2-3,6-7,10,12-14,20H,4-5,8-9H2,1H3,(H,21,22);1H. The summed E-state index contributed by atoms with van der Waals surface area (Å²) in [7, 11) is 1.65. The number of ether oxygens (including phenoxy) is 1. The quantitative estimate of drug-likeness (QED) is 0.855. The Bertz CT molecular complexity index is 722. The Kier molecular flexibility index (Phi) is 5.61. The Hall–Kier alpha value is -1.63. The molecular weight excluding hydrogens is 358 g/mol. The number of aromatic nitrogens is 1. The molecule has 2 saturated heterocycles. The van der Waals surface area contributed by atoms with Gasteiger partial charge >= 0.3 is 0 Å². The van der Waals surface area contributed by atoms with Crippen molar-refractivity contribution in [3.05, 3.63) is 35.3 Å². The van der Waals surface area contributed by atoms with Gasteiger partial charge in [0.25, 0.3) is 5.91 Å². The fourth-order valence-corrected chi connectivity index (χ4v) is 4.50. The number of nitrogens with zero attached hydrogens (tertiary/aromatic N) is 1. The van der Waals surface area contributed by atoms with Gasteiger partial charge < -0.3 is 15.4 Å². The predicted octanol–water partition coefficient (Wildman–Crippen LogP) is 3.25. The predicted molar refractivity (Wildman–Crippen MR) is 102 cm³/mol. The van der Waals surface area contributed by atoms with Gasteiger partial charge in [-0.15, -0.1) is 23.7 Å². The first-order chi connectivity index (χ1) is 11.7. The number of hydrogen-bond donors (Lipinski definition) is 2. The third-order valence-electron chi connectivity index (χ3n) is 4.87. The van der Waals surface area contributed by atoms with Crippen molar-refractivity contribution in [1.82, 2.24) is 15.6 Å². The molecule has 2 aliphatic rings. The maximum absolute atomic E-state index is 12.5. The molecule has 2 unspecified atom stereocenters. The van der Waals surface area contributed by atoms with E-state index in [9.17, 15) is 4.79 Å². The van der Waals surface area contributed by atoms with Gasteiger partial charge in [0.2, 0.25) is 0 Å². The molecule has 0 aliphatic carbocycles. The number of hydrogen-bond acceptors (Lipinski definition) is 5. The van der Waals surface area contributed by atoms with Crippen molar-refractivity contribution >= 4 is 29.7 Å². The van der Waals surface area contributed by atoms with E-state index in [0.717, 1.165) is 29.2 Å². The summed E-state index contributed by atoms with van der Waals surface area (Å²) >= 11 is 1.43. The number of fused-ring (bicyclic) bond motifs is 2. The van der Waals surface area contributed by atoms with Gasteiger partial charge in [0.1, 0.15) is 15.6 Å². The van der Waals surface area contributed by atoms with E-state index in [2.05, 4.69) is 15.6 Å². The first kappa shape index (κ1) is 18.2. The van der Waals surface area contributed by atoms with Crippen molar-refractivity contribution < 1.29 is 9.53 Å².